The molecule has 0 aromatic carbocycles. The normalized spacial score (nSPS) is 41.5. The molecular formula is C8H14O7. The van der Waals surface area contributed by atoms with Crippen molar-refractivity contribution in [2.75, 3.05) is 14.2 Å². The van der Waals surface area contributed by atoms with Gasteiger partial charge in [0.25, 0.3) is 0 Å². The Morgan fingerprint density at radius 1 is 1.20 bits per heavy atom. The molecule has 1 heterocycles. The number of aliphatic carboxylic acids is 1. The first-order valence-electron chi connectivity index (χ1n) is 4.33. The zero-order chi connectivity index (χ0) is 11.6. The second kappa shape index (κ2) is 4.86. The van der Waals surface area contributed by atoms with Crippen LogP contribution >= 0.6 is 0 Å². The fraction of sp³-hybridized carbons (Fsp3) is 0.875. The highest BCUT2D eigenvalue weighted by Gasteiger charge is 2.48. The van der Waals surface area contributed by atoms with E-state index in [0.29, 0.717) is 0 Å². The number of rotatable bonds is 3. The Hall–Kier alpha value is -0.730. The molecule has 0 aromatic rings. The first-order valence-corrected chi connectivity index (χ1v) is 4.33. The van der Waals surface area contributed by atoms with Gasteiger partial charge in [-0.05, 0) is 0 Å². The Morgan fingerprint density at radius 2 is 1.80 bits per heavy atom. The maximum atomic E-state index is 10.8. The number of carboxylic acids is 1. The standard InChI is InChI=1S/C8H14O7/c1-13-5-3(9)4(10)8(14-2)15-6(5)7(11)12/h3-6,8-10H,1-2H3,(H,11,12). The molecule has 0 amide bonds. The molecule has 1 saturated heterocycles. The Labute approximate surface area is 86.2 Å². The molecule has 5 atom stereocenters. The molecule has 0 radical (unpaired) electrons. The molecule has 7 heteroatoms. The van der Waals surface area contributed by atoms with E-state index in [1.54, 1.807) is 0 Å². The third kappa shape index (κ3) is 2.27. The molecule has 0 bridgehead atoms. The minimum absolute atomic E-state index is 1.12. The van der Waals surface area contributed by atoms with Gasteiger partial charge in [-0.1, -0.05) is 0 Å². The van der Waals surface area contributed by atoms with Gasteiger partial charge in [-0.3, -0.25) is 0 Å². The zero-order valence-corrected chi connectivity index (χ0v) is 8.36. The molecule has 7 nitrogen and oxygen atoms in total. The van der Waals surface area contributed by atoms with Crippen LogP contribution in [0.5, 0.6) is 0 Å². The van der Waals surface area contributed by atoms with E-state index in [2.05, 4.69) is 0 Å². The van der Waals surface area contributed by atoms with Crippen LogP contribution in [0, 0.1) is 0 Å². The van der Waals surface area contributed by atoms with E-state index in [1.807, 2.05) is 0 Å². The monoisotopic (exact) mass is 222 g/mol. The van der Waals surface area contributed by atoms with Crippen LogP contribution in [0.2, 0.25) is 0 Å². The molecule has 0 saturated carbocycles. The molecule has 0 aliphatic carbocycles. The van der Waals surface area contributed by atoms with Crippen molar-refractivity contribution in [3.8, 4) is 0 Å². The summed E-state index contributed by atoms with van der Waals surface area (Å²) < 4.78 is 14.4. The topological polar surface area (TPSA) is 105 Å². The van der Waals surface area contributed by atoms with Crippen molar-refractivity contribution in [3.63, 3.8) is 0 Å². The predicted molar refractivity (Wildman–Crippen MR) is 46.1 cm³/mol. The zero-order valence-electron chi connectivity index (χ0n) is 8.36. The molecule has 1 fully saturated rings. The summed E-state index contributed by atoms with van der Waals surface area (Å²) >= 11 is 0. The highest BCUT2D eigenvalue weighted by Crippen LogP contribution is 2.23. The SMILES string of the molecule is COC1OC(C(=O)O)C(OC)C(O)C1O. The van der Waals surface area contributed by atoms with Gasteiger partial charge in [0.05, 0.1) is 0 Å². The lowest BCUT2D eigenvalue weighted by Gasteiger charge is -2.39. The van der Waals surface area contributed by atoms with Crippen LogP contribution in [-0.2, 0) is 19.0 Å². The van der Waals surface area contributed by atoms with Gasteiger partial charge in [0, 0.05) is 14.2 Å². The lowest BCUT2D eigenvalue weighted by Crippen LogP contribution is -2.60. The summed E-state index contributed by atoms with van der Waals surface area (Å²) in [6, 6.07) is 0. The van der Waals surface area contributed by atoms with E-state index in [0.717, 1.165) is 0 Å². The van der Waals surface area contributed by atoms with Crippen LogP contribution in [0.4, 0.5) is 0 Å². The second-order valence-corrected chi connectivity index (χ2v) is 3.18. The van der Waals surface area contributed by atoms with Gasteiger partial charge >= 0.3 is 5.97 Å². The molecule has 1 aliphatic heterocycles. The van der Waals surface area contributed by atoms with Gasteiger partial charge in [-0.2, -0.15) is 0 Å². The summed E-state index contributed by atoms with van der Waals surface area (Å²) in [5, 5.41) is 27.8. The summed E-state index contributed by atoms with van der Waals surface area (Å²) in [5.74, 6) is -1.28. The Balaban J connectivity index is 2.84. The molecule has 1 rings (SSSR count). The smallest absolute Gasteiger partial charge is 0.335 e. The molecule has 0 spiro atoms. The lowest BCUT2D eigenvalue weighted by molar-refractivity contribution is -0.290. The van der Waals surface area contributed by atoms with Crippen LogP contribution < -0.4 is 0 Å². The number of aliphatic hydroxyl groups excluding tert-OH is 2. The van der Waals surface area contributed by atoms with E-state index in [9.17, 15) is 15.0 Å². The van der Waals surface area contributed by atoms with Crippen molar-refractivity contribution in [1.29, 1.82) is 0 Å². The van der Waals surface area contributed by atoms with Crippen LogP contribution in [0.1, 0.15) is 0 Å². The fourth-order valence-electron chi connectivity index (χ4n) is 1.49. The van der Waals surface area contributed by atoms with Crippen LogP contribution in [0.3, 0.4) is 0 Å². The van der Waals surface area contributed by atoms with Crippen molar-refractivity contribution >= 4 is 5.97 Å². The highest BCUT2D eigenvalue weighted by atomic mass is 16.7. The van der Waals surface area contributed by atoms with Gasteiger partial charge in [-0.25, -0.2) is 4.79 Å². The fourth-order valence-corrected chi connectivity index (χ4v) is 1.49. The van der Waals surface area contributed by atoms with Crippen molar-refractivity contribution in [1.82, 2.24) is 0 Å². The van der Waals surface area contributed by atoms with Crippen LogP contribution in [0.15, 0.2) is 0 Å². The maximum Gasteiger partial charge on any atom is 0.335 e. The van der Waals surface area contributed by atoms with Gasteiger partial charge < -0.3 is 29.5 Å². The van der Waals surface area contributed by atoms with E-state index in [1.165, 1.54) is 14.2 Å². The number of hydrogen-bond acceptors (Lipinski definition) is 6. The van der Waals surface area contributed by atoms with Gasteiger partial charge in [0.15, 0.2) is 12.4 Å². The molecule has 5 unspecified atom stereocenters. The third-order valence-electron chi connectivity index (χ3n) is 2.29. The average Bonchev–Trinajstić information content (AvgIpc) is 2.21. The molecule has 3 N–H and O–H groups in total. The van der Waals surface area contributed by atoms with Crippen molar-refractivity contribution in [3.05, 3.63) is 0 Å². The van der Waals surface area contributed by atoms with Crippen LogP contribution in [0.25, 0.3) is 0 Å². The summed E-state index contributed by atoms with van der Waals surface area (Å²) in [6.45, 7) is 0. The molecular weight excluding hydrogens is 208 g/mol. The lowest BCUT2D eigenvalue weighted by atomic mass is 9.99. The van der Waals surface area contributed by atoms with E-state index >= 15 is 0 Å². The van der Waals surface area contributed by atoms with Crippen molar-refractivity contribution in [2.24, 2.45) is 0 Å². The summed E-state index contributed by atoms with van der Waals surface area (Å²) in [4.78, 5) is 10.8. The Kier molecular flexibility index (Phi) is 4.00. The number of methoxy groups -OCH3 is 2. The molecule has 88 valence electrons. The molecule has 1 aliphatic rings. The molecule has 0 aromatic heterocycles. The van der Waals surface area contributed by atoms with E-state index in [4.69, 9.17) is 19.3 Å². The summed E-state index contributed by atoms with van der Waals surface area (Å²) in [5.41, 5.74) is 0. The predicted octanol–water partition coefficient (Wildman–Crippen LogP) is -1.82. The van der Waals surface area contributed by atoms with Gasteiger partial charge in [0.1, 0.15) is 18.3 Å². The second-order valence-electron chi connectivity index (χ2n) is 3.18. The number of carbonyl (C=O) groups is 1. The number of aliphatic hydroxyl groups is 2. The maximum absolute atomic E-state index is 10.8. The number of carboxylic acid groups (broad SMARTS) is 1. The summed E-state index contributed by atoms with van der Waals surface area (Å²) in [6.07, 6.45) is -6.36. The Bertz CT molecular complexity index is 231. The number of hydrogen-bond donors (Lipinski definition) is 3. The number of ether oxygens (including phenoxy) is 3. The third-order valence-corrected chi connectivity index (χ3v) is 2.29. The highest BCUT2D eigenvalue weighted by molar-refractivity contribution is 5.73. The van der Waals surface area contributed by atoms with Gasteiger partial charge in [0.2, 0.25) is 0 Å². The Morgan fingerprint density at radius 3 is 2.20 bits per heavy atom. The minimum atomic E-state index is -1.37. The first-order chi connectivity index (χ1) is 7.02. The van der Waals surface area contributed by atoms with Crippen molar-refractivity contribution < 1.29 is 34.3 Å². The van der Waals surface area contributed by atoms with Crippen LogP contribution in [-0.4, -0.2) is 66.2 Å². The quantitative estimate of drug-likeness (QED) is 0.516. The van der Waals surface area contributed by atoms with Crippen molar-refractivity contribution in [2.45, 2.75) is 30.7 Å². The van der Waals surface area contributed by atoms with E-state index in [-0.39, 0.29) is 0 Å². The minimum Gasteiger partial charge on any atom is -0.479 e. The average molecular weight is 222 g/mol. The largest absolute Gasteiger partial charge is 0.479 e. The van der Waals surface area contributed by atoms with E-state index < -0.39 is 36.7 Å². The van der Waals surface area contributed by atoms with Gasteiger partial charge in [-0.15, -0.1) is 0 Å². The summed E-state index contributed by atoms with van der Waals surface area (Å²) in [7, 11) is 2.47. The molecule has 15 heavy (non-hydrogen) atoms. The first kappa shape index (κ1) is 12.3.